The molecule has 2 aromatic carbocycles. The molecule has 3 heterocycles. The molecule has 0 saturated carbocycles. The predicted octanol–water partition coefficient (Wildman–Crippen LogP) is -1.39. The maximum Gasteiger partial charge on any atom is 0.229 e. The number of fused-ring (bicyclic) bond motifs is 1. The zero-order valence-electron chi connectivity index (χ0n) is 21.9. The highest BCUT2D eigenvalue weighted by Crippen LogP contribution is 2.42. The number of phenolic OH excluding ortho intramolecular Hbond substituents is 3. The van der Waals surface area contributed by atoms with E-state index >= 15 is 0 Å². The molecule has 2 fully saturated rings. The van der Waals surface area contributed by atoms with E-state index in [1.165, 1.54) is 31.2 Å². The van der Waals surface area contributed by atoms with Gasteiger partial charge < -0.3 is 69.3 Å². The van der Waals surface area contributed by atoms with Crippen LogP contribution in [0.3, 0.4) is 0 Å². The number of rotatable bonds is 6. The Hall–Kier alpha value is -3.51. The fourth-order valence-electron chi connectivity index (χ4n) is 4.84. The number of phenols is 3. The van der Waals surface area contributed by atoms with Crippen LogP contribution in [0.2, 0.25) is 0 Å². The number of aromatic hydroxyl groups is 3. The zero-order chi connectivity index (χ0) is 30.5. The Kier molecular flexibility index (Phi) is 8.30. The molecule has 0 bridgehead atoms. The van der Waals surface area contributed by atoms with Gasteiger partial charge in [0.2, 0.25) is 12.0 Å². The molecule has 228 valence electrons. The predicted molar refractivity (Wildman–Crippen MR) is 139 cm³/mol. The van der Waals surface area contributed by atoms with Crippen molar-refractivity contribution in [3.63, 3.8) is 0 Å². The van der Waals surface area contributed by atoms with Crippen molar-refractivity contribution in [1.29, 1.82) is 0 Å². The highest BCUT2D eigenvalue weighted by Gasteiger charge is 2.51. The van der Waals surface area contributed by atoms with Crippen molar-refractivity contribution in [3.8, 4) is 34.3 Å². The molecule has 42 heavy (non-hydrogen) atoms. The van der Waals surface area contributed by atoms with Crippen molar-refractivity contribution in [3.05, 3.63) is 46.6 Å². The van der Waals surface area contributed by atoms with Gasteiger partial charge in [-0.1, -0.05) is 0 Å². The number of aliphatic hydroxyl groups excluding tert-OH is 6. The van der Waals surface area contributed by atoms with Crippen molar-refractivity contribution >= 4 is 11.0 Å². The molecule has 1 aromatic heterocycles. The summed E-state index contributed by atoms with van der Waals surface area (Å²) in [7, 11) is 0. The summed E-state index contributed by atoms with van der Waals surface area (Å²) in [6, 6.07) is 7.55. The van der Waals surface area contributed by atoms with Crippen LogP contribution >= 0.6 is 0 Å². The van der Waals surface area contributed by atoms with Gasteiger partial charge in [0.25, 0.3) is 0 Å². The van der Waals surface area contributed by atoms with Gasteiger partial charge in [0, 0.05) is 17.7 Å². The SMILES string of the molecule is C[C@@H]1O[C@@H](O[C@H]2[C@H](Oc3cc(O)c4c(=O)cc(-c5ccc(O)cc5)oc4c3O)O[C@@H](CO)[C@@H](O)[C@@H]2O)[C@H](O)[C@@H](O)[C@H]1O. The largest absolute Gasteiger partial charge is 0.508 e. The first kappa shape index (κ1) is 30.0. The fourth-order valence-corrected chi connectivity index (χ4v) is 4.84. The minimum atomic E-state index is -1.84. The quantitative estimate of drug-likeness (QED) is 0.149. The maximum atomic E-state index is 12.8. The van der Waals surface area contributed by atoms with Crippen LogP contribution in [0, 0.1) is 0 Å². The first-order valence-corrected chi connectivity index (χ1v) is 12.9. The number of hydrogen-bond acceptors (Lipinski definition) is 15. The van der Waals surface area contributed by atoms with E-state index in [0.717, 1.165) is 12.1 Å². The lowest BCUT2D eigenvalue weighted by Gasteiger charge is -2.45. The monoisotopic (exact) mass is 594 g/mol. The second-order valence-electron chi connectivity index (χ2n) is 10.1. The second-order valence-corrected chi connectivity index (χ2v) is 10.1. The van der Waals surface area contributed by atoms with Crippen LogP contribution < -0.4 is 10.2 Å². The summed E-state index contributed by atoms with van der Waals surface area (Å²) in [6.07, 6.45) is -16.1. The van der Waals surface area contributed by atoms with Gasteiger partial charge in [-0.3, -0.25) is 4.79 Å². The molecule has 0 radical (unpaired) electrons. The summed E-state index contributed by atoms with van der Waals surface area (Å²) < 4.78 is 28.0. The summed E-state index contributed by atoms with van der Waals surface area (Å²) in [5.41, 5.74) is -0.840. The molecule has 0 spiro atoms. The van der Waals surface area contributed by atoms with E-state index in [-0.39, 0.29) is 16.9 Å². The Morgan fingerprint density at radius 3 is 2.19 bits per heavy atom. The second kappa shape index (κ2) is 11.6. The van der Waals surface area contributed by atoms with E-state index in [9.17, 15) is 50.8 Å². The average molecular weight is 595 g/mol. The third-order valence-electron chi connectivity index (χ3n) is 7.24. The van der Waals surface area contributed by atoms with Gasteiger partial charge in [0.15, 0.2) is 29.2 Å². The maximum absolute atomic E-state index is 12.8. The van der Waals surface area contributed by atoms with E-state index in [2.05, 4.69) is 0 Å². The van der Waals surface area contributed by atoms with E-state index in [4.69, 9.17) is 23.4 Å². The molecule has 0 amide bonds. The van der Waals surface area contributed by atoms with Gasteiger partial charge in [0.05, 0.1) is 12.7 Å². The van der Waals surface area contributed by atoms with Crippen LogP contribution in [0.4, 0.5) is 0 Å². The molecule has 5 rings (SSSR count). The summed E-state index contributed by atoms with van der Waals surface area (Å²) in [4.78, 5) is 12.8. The summed E-state index contributed by atoms with van der Waals surface area (Å²) >= 11 is 0. The smallest absolute Gasteiger partial charge is 0.229 e. The topological polar surface area (TPSA) is 249 Å². The van der Waals surface area contributed by atoms with Gasteiger partial charge in [-0.15, -0.1) is 0 Å². The van der Waals surface area contributed by atoms with Crippen LogP contribution in [0.25, 0.3) is 22.3 Å². The Balaban J connectivity index is 1.51. The van der Waals surface area contributed by atoms with Crippen molar-refractivity contribution in [2.75, 3.05) is 6.61 Å². The molecular weight excluding hydrogens is 564 g/mol. The molecule has 10 atom stereocenters. The molecule has 3 aromatic rings. The molecular formula is C27H30O15. The first-order chi connectivity index (χ1) is 19.9. The number of aliphatic hydroxyl groups is 6. The van der Waals surface area contributed by atoms with Gasteiger partial charge in [-0.05, 0) is 31.2 Å². The van der Waals surface area contributed by atoms with Crippen LogP contribution in [-0.2, 0) is 14.2 Å². The lowest BCUT2D eigenvalue weighted by molar-refractivity contribution is -0.354. The summed E-state index contributed by atoms with van der Waals surface area (Å²) in [6.45, 7) is 0.611. The fraction of sp³-hybridized carbons (Fsp3) is 0.444. The molecule has 2 aliphatic heterocycles. The Bertz CT molecular complexity index is 1470. The van der Waals surface area contributed by atoms with Crippen LogP contribution in [0.1, 0.15) is 6.92 Å². The average Bonchev–Trinajstić information content (AvgIpc) is 2.96. The minimum absolute atomic E-state index is 0.0216. The van der Waals surface area contributed by atoms with Crippen molar-refractivity contribution in [1.82, 2.24) is 0 Å². The number of hydrogen-bond donors (Lipinski definition) is 9. The molecule has 2 saturated heterocycles. The third kappa shape index (κ3) is 5.37. The molecule has 2 aliphatic rings. The van der Waals surface area contributed by atoms with Crippen LogP contribution in [-0.4, -0.2) is 114 Å². The lowest BCUT2D eigenvalue weighted by Crippen LogP contribution is -2.64. The van der Waals surface area contributed by atoms with Crippen molar-refractivity contribution < 1.29 is 69.3 Å². The Labute approximate surface area is 236 Å². The molecule has 0 unspecified atom stereocenters. The van der Waals surface area contributed by atoms with Gasteiger partial charge in [0.1, 0.15) is 59.3 Å². The molecule has 0 aliphatic carbocycles. The van der Waals surface area contributed by atoms with Crippen LogP contribution in [0.15, 0.2) is 45.6 Å². The van der Waals surface area contributed by atoms with Crippen molar-refractivity contribution in [2.45, 2.75) is 68.3 Å². The van der Waals surface area contributed by atoms with E-state index in [0.29, 0.717) is 5.56 Å². The Morgan fingerprint density at radius 1 is 0.833 bits per heavy atom. The molecule has 15 heteroatoms. The lowest BCUT2D eigenvalue weighted by atomic mass is 9.97. The van der Waals surface area contributed by atoms with E-state index in [1.54, 1.807) is 0 Å². The zero-order valence-corrected chi connectivity index (χ0v) is 21.9. The van der Waals surface area contributed by atoms with E-state index < -0.39 is 96.3 Å². The van der Waals surface area contributed by atoms with Gasteiger partial charge in [-0.25, -0.2) is 0 Å². The highest BCUT2D eigenvalue weighted by atomic mass is 16.8. The Morgan fingerprint density at radius 2 is 1.52 bits per heavy atom. The summed E-state index contributed by atoms with van der Waals surface area (Å²) in [5.74, 6) is -2.02. The number of benzene rings is 2. The number of ether oxygens (including phenoxy) is 4. The van der Waals surface area contributed by atoms with Crippen LogP contribution in [0.5, 0.6) is 23.0 Å². The van der Waals surface area contributed by atoms with Gasteiger partial charge in [-0.2, -0.15) is 0 Å². The molecule has 9 N–H and O–H groups in total. The standard InChI is InChI=1S/C27H30O15/c1-9-18(32)21(35)23(37)26(38-9)42-25-22(36)19(33)16(8-28)41-27(25)40-15-7-13(31)17-12(30)6-14(39-24(17)20(15)34)10-2-4-11(29)5-3-10/h2-7,9,16,18-19,21-23,25-29,31-37H,8H2,1H3/t9-,16-,18-,19+,21-,22-,23+,25+,26-,27+/m0/s1. The first-order valence-electron chi connectivity index (χ1n) is 12.9. The minimum Gasteiger partial charge on any atom is -0.508 e. The van der Waals surface area contributed by atoms with E-state index in [1.807, 2.05) is 0 Å². The summed E-state index contributed by atoms with van der Waals surface area (Å²) in [5, 5.41) is 92.3. The normalized spacial score (nSPS) is 33.5. The van der Waals surface area contributed by atoms with Gasteiger partial charge >= 0.3 is 0 Å². The highest BCUT2D eigenvalue weighted by molar-refractivity contribution is 5.91. The third-order valence-corrected chi connectivity index (χ3v) is 7.24. The molecule has 15 nitrogen and oxygen atoms in total. The van der Waals surface area contributed by atoms with Crippen molar-refractivity contribution in [2.24, 2.45) is 0 Å².